The Morgan fingerprint density at radius 2 is 1.93 bits per heavy atom. The number of hydrogen-bond donors (Lipinski definition) is 2. The second-order valence-electron chi connectivity index (χ2n) is 4.48. The van der Waals surface area contributed by atoms with E-state index in [0.29, 0.717) is 6.54 Å². The largest absolute Gasteiger partial charge is 0.388 e. The van der Waals surface area contributed by atoms with Crippen molar-refractivity contribution in [2.75, 3.05) is 26.2 Å². The van der Waals surface area contributed by atoms with Gasteiger partial charge in [-0.1, -0.05) is 19.8 Å². The van der Waals surface area contributed by atoms with Crippen LogP contribution in [-0.4, -0.2) is 41.8 Å². The van der Waals surface area contributed by atoms with Gasteiger partial charge in [-0.05, 0) is 25.8 Å². The Labute approximate surface area is 87.3 Å². The first-order chi connectivity index (χ1) is 6.70. The van der Waals surface area contributed by atoms with Crippen molar-refractivity contribution in [3.63, 3.8) is 0 Å². The van der Waals surface area contributed by atoms with Crippen molar-refractivity contribution < 1.29 is 5.11 Å². The minimum atomic E-state index is -0.568. The molecule has 1 heterocycles. The van der Waals surface area contributed by atoms with Crippen LogP contribution in [0.4, 0.5) is 0 Å². The predicted molar refractivity (Wildman–Crippen MR) is 59.2 cm³/mol. The van der Waals surface area contributed by atoms with Crippen molar-refractivity contribution in [1.29, 1.82) is 0 Å². The van der Waals surface area contributed by atoms with Crippen molar-refractivity contribution in [2.24, 2.45) is 5.73 Å². The normalized spacial score (nSPS) is 22.5. The number of likely N-dealkylation sites (tertiary alicyclic amines) is 1. The lowest BCUT2D eigenvalue weighted by Gasteiger charge is -2.37. The minimum Gasteiger partial charge on any atom is -0.388 e. The number of nitrogens with zero attached hydrogens (tertiary/aromatic N) is 1. The highest BCUT2D eigenvalue weighted by Crippen LogP contribution is 2.20. The molecule has 1 aliphatic rings. The monoisotopic (exact) mass is 200 g/mol. The molecule has 14 heavy (non-hydrogen) atoms. The summed E-state index contributed by atoms with van der Waals surface area (Å²) in [5, 5.41) is 9.92. The van der Waals surface area contributed by atoms with Crippen LogP contribution in [0.3, 0.4) is 0 Å². The summed E-state index contributed by atoms with van der Waals surface area (Å²) in [6, 6.07) is 0. The first kappa shape index (κ1) is 12.0. The van der Waals surface area contributed by atoms with Crippen LogP contribution >= 0.6 is 0 Å². The average Bonchev–Trinajstić information content (AvgIpc) is 2.22. The standard InChI is InChI=1S/C11H24N2O/c1-2-3-4-7-13-8-5-11(14,10-12)6-9-13/h14H,2-10,12H2,1H3. The molecular formula is C11H24N2O. The molecule has 0 amide bonds. The van der Waals surface area contributed by atoms with Crippen molar-refractivity contribution in [3.8, 4) is 0 Å². The third kappa shape index (κ3) is 3.56. The molecule has 0 aromatic heterocycles. The molecular weight excluding hydrogens is 176 g/mol. The smallest absolute Gasteiger partial charge is 0.0793 e. The van der Waals surface area contributed by atoms with Gasteiger partial charge in [0, 0.05) is 19.6 Å². The van der Waals surface area contributed by atoms with E-state index in [1.165, 1.54) is 25.8 Å². The van der Waals surface area contributed by atoms with Crippen molar-refractivity contribution in [3.05, 3.63) is 0 Å². The second-order valence-corrected chi connectivity index (χ2v) is 4.48. The molecule has 0 radical (unpaired) electrons. The summed E-state index contributed by atoms with van der Waals surface area (Å²) in [5.41, 5.74) is 4.97. The van der Waals surface area contributed by atoms with Gasteiger partial charge in [0.2, 0.25) is 0 Å². The van der Waals surface area contributed by atoms with E-state index in [1.54, 1.807) is 0 Å². The molecule has 0 aromatic rings. The summed E-state index contributed by atoms with van der Waals surface area (Å²) in [4.78, 5) is 2.44. The van der Waals surface area contributed by atoms with Crippen LogP contribution in [0.2, 0.25) is 0 Å². The van der Waals surface area contributed by atoms with Gasteiger partial charge in [-0.25, -0.2) is 0 Å². The quantitative estimate of drug-likeness (QED) is 0.650. The van der Waals surface area contributed by atoms with Gasteiger partial charge in [-0.3, -0.25) is 0 Å². The van der Waals surface area contributed by atoms with Crippen molar-refractivity contribution >= 4 is 0 Å². The van der Waals surface area contributed by atoms with Crippen LogP contribution in [0.5, 0.6) is 0 Å². The van der Waals surface area contributed by atoms with Gasteiger partial charge in [-0.15, -0.1) is 0 Å². The Bertz CT molecular complexity index is 153. The zero-order valence-electron chi connectivity index (χ0n) is 9.34. The summed E-state index contributed by atoms with van der Waals surface area (Å²) in [5.74, 6) is 0. The molecule has 1 rings (SSSR count). The number of aliphatic hydroxyl groups is 1. The highest BCUT2D eigenvalue weighted by molar-refractivity contribution is 4.86. The van der Waals surface area contributed by atoms with Gasteiger partial charge in [0.1, 0.15) is 0 Å². The van der Waals surface area contributed by atoms with Crippen LogP contribution in [-0.2, 0) is 0 Å². The van der Waals surface area contributed by atoms with Gasteiger partial charge >= 0.3 is 0 Å². The maximum atomic E-state index is 9.92. The SMILES string of the molecule is CCCCCN1CCC(O)(CN)CC1. The lowest BCUT2D eigenvalue weighted by atomic mass is 9.91. The zero-order chi connectivity index (χ0) is 10.4. The molecule has 0 aliphatic carbocycles. The molecule has 1 fully saturated rings. The Hall–Kier alpha value is -0.120. The van der Waals surface area contributed by atoms with Crippen LogP contribution in [0.15, 0.2) is 0 Å². The second kappa shape index (κ2) is 5.69. The molecule has 0 saturated carbocycles. The Morgan fingerprint density at radius 3 is 2.43 bits per heavy atom. The van der Waals surface area contributed by atoms with Crippen LogP contribution in [0.1, 0.15) is 39.0 Å². The summed E-state index contributed by atoms with van der Waals surface area (Å²) in [6.07, 6.45) is 5.57. The van der Waals surface area contributed by atoms with Gasteiger partial charge < -0.3 is 15.7 Å². The molecule has 3 heteroatoms. The summed E-state index contributed by atoms with van der Waals surface area (Å²) in [7, 11) is 0. The number of piperidine rings is 1. The Morgan fingerprint density at radius 1 is 1.29 bits per heavy atom. The molecule has 3 N–H and O–H groups in total. The van der Waals surface area contributed by atoms with Gasteiger partial charge in [-0.2, -0.15) is 0 Å². The molecule has 3 nitrogen and oxygen atoms in total. The molecule has 0 spiro atoms. The van der Waals surface area contributed by atoms with E-state index in [4.69, 9.17) is 5.73 Å². The molecule has 1 aliphatic heterocycles. The van der Waals surface area contributed by atoms with Gasteiger partial charge in [0.25, 0.3) is 0 Å². The van der Waals surface area contributed by atoms with Crippen LogP contribution in [0, 0.1) is 0 Å². The number of nitrogens with two attached hydrogens (primary N) is 1. The zero-order valence-corrected chi connectivity index (χ0v) is 9.34. The third-order valence-electron chi connectivity index (χ3n) is 3.24. The fraction of sp³-hybridized carbons (Fsp3) is 1.00. The summed E-state index contributed by atoms with van der Waals surface area (Å²) >= 11 is 0. The van der Waals surface area contributed by atoms with E-state index in [1.807, 2.05) is 0 Å². The molecule has 84 valence electrons. The van der Waals surface area contributed by atoms with E-state index >= 15 is 0 Å². The van der Waals surface area contributed by atoms with E-state index in [9.17, 15) is 5.11 Å². The molecule has 0 aromatic carbocycles. The van der Waals surface area contributed by atoms with E-state index in [0.717, 1.165) is 25.9 Å². The van der Waals surface area contributed by atoms with E-state index in [2.05, 4.69) is 11.8 Å². The number of unbranched alkanes of at least 4 members (excludes halogenated alkanes) is 2. The number of rotatable bonds is 5. The van der Waals surface area contributed by atoms with Gasteiger partial charge in [0.05, 0.1) is 5.60 Å². The summed E-state index contributed by atoms with van der Waals surface area (Å²) < 4.78 is 0. The molecule has 0 unspecified atom stereocenters. The van der Waals surface area contributed by atoms with Crippen LogP contribution < -0.4 is 5.73 Å². The van der Waals surface area contributed by atoms with E-state index < -0.39 is 5.60 Å². The van der Waals surface area contributed by atoms with E-state index in [-0.39, 0.29) is 0 Å². The Balaban J connectivity index is 2.15. The fourth-order valence-electron chi connectivity index (χ4n) is 1.98. The maximum absolute atomic E-state index is 9.92. The Kier molecular flexibility index (Phi) is 4.85. The average molecular weight is 200 g/mol. The summed E-state index contributed by atoms with van der Waals surface area (Å²) in [6.45, 7) is 5.85. The topological polar surface area (TPSA) is 49.5 Å². The molecule has 1 saturated heterocycles. The molecule has 0 atom stereocenters. The maximum Gasteiger partial charge on any atom is 0.0793 e. The molecule has 0 bridgehead atoms. The third-order valence-corrected chi connectivity index (χ3v) is 3.24. The van der Waals surface area contributed by atoms with Gasteiger partial charge in [0.15, 0.2) is 0 Å². The lowest BCUT2D eigenvalue weighted by Crippen LogP contribution is -2.48. The van der Waals surface area contributed by atoms with Crippen LogP contribution in [0.25, 0.3) is 0 Å². The fourth-order valence-corrected chi connectivity index (χ4v) is 1.98. The van der Waals surface area contributed by atoms with Crippen molar-refractivity contribution in [1.82, 2.24) is 4.90 Å². The number of hydrogen-bond acceptors (Lipinski definition) is 3. The lowest BCUT2D eigenvalue weighted by molar-refractivity contribution is -0.0136. The van der Waals surface area contributed by atoms with Crippen molar-refractivity contribution in [2.45, 2.75) is 44.6 Å². The minimum absolute atomic E-state index is 0.413. The highest BCUT2D eigenvalue weighted by atomic mass is 16.3. The highest BCUT2D eigenvalue weighted by Gasteiger charge is 2.30. The first-order valence-corrected chi connectivity index (χ1v) is 5.85. The predicted octanol–water partition coefficient (Wildman–Crippen LogP) is 0.962. The first-order valence-electron chi connectivity index (χ1n) is 5.85.